The Labute approximate surface area is 215 Å². The smallest absolute Gasteiger partial charge is 0.414 e. The molecule has 1 aromatic heterocycles. The largest absolute Gasteiger partial charge is 0.442 e. The maximum atomic E-state index is 15.0. The summed E-state index contributed by atoms with van der Waals surface area (Å²) in [6.07, 6.45) is 2.57. The Morgan fingerprint density at radius 1 is 1.14 bits per heavy atom. The molecule has 3 amide bonds. The fraction of sp³-hybridized carbons (Fsp3) is 0.500. The van der Waals surface area contributed by atoms with Crippen molar-refractivity contribution in [3.05, 3.63) is 36.4 Å². The number of hydrogen-bond donors (Lipinski definition) is 1. The summed E-state index contributed by atoms with van der Waals surface area (Å²) in [5.41, 5.74) is 1.15. The lowest BCUT2D eigenvalue weighted by Crippen LogP contribution is -2.49. The van der Waals surface area contributed by atoms with Crippen molar-refractivity contribution in [2.75, 3.05) is 49.1 Å². The molecule has 11 heteroatoms. The van der Waals surface area contributed by atoms with Gasteiger partial charge in [-0.15, -0.1) is 0 Å². The lowest BCUT2D eigenvalue weighted by Gasteiger charge is -2.36. The summed E-state index contributed by atoms with van der Waals surface area (Å²) in [6.45, 7) is 10.4. The molecule has 1 N–H and O–H groups in total. The van der Waals surface area contributed by atoms with E-state index >= 15 is 4.39 Å². The number of piperazine rings is 1. The van der Waals surface area contributed by atoms with Crippen molar-refractivity contribution in [3.8, 4) is 11.1 Å². The fourth-order valence-electron chi connectivity index (χ4n) is 4.35. The average molecular weight is 513 g/mol. The second-order valence-electron chi connectivity index (χ2n) is 10.6. The van der Waals surface area contributed by atoms with E-state index < -0.39 is 18.0 Å². The molecule has 2 aromatic rings. The number of halogens is 1. The van der Waals surface area contributed by atoms with Crippen molar-refractivity contribution in [1.82, 2.24) is 20.2 Å². The van der Waals surface area contributed by atoms with Crippen LogP contribution in [0.1, 0.15) is 34.1 Å². The van der Waals surface area contributed by atoms with Crippen LogP contribution in [-0.2, 0) is 14.3 Å². The van der Waals surface area contributed by atoms with Crippen molar-refractivity contribution in [1.29, 1.82) is 0 Å². The van der Waals surface area contributed by atoms with E-state index in [4.69, 9.17) is 4.74 Å². The zero-order chi connectivity index (χ0) is 26.7. The molecule has 3 heterocycles. The highest BCUT2D eigenvalue weighted by Gasteiger charge is 2.33. The van der Waals surface area contributed by atoms with Gasteiger partial charge in [-0.2, -0.15) is 0 Å². The van der Waals surface area contributed by atoms with Gasteiger partial charge in [0.2, 0.25) is 17.8 Å². The number of anilines is 2. The van der Waals surface area contributed by atoms with Gasteiger partial charge in [-0.3, -0.25) is 14.5 Å². The molecule has 10 nitrogen and oxygen atoms in total. The third-order valence-electron chi connectivity index (χ3n) is 6.26. The van der Waals surface area contributed by atoms with E-state index in [9.17, 15) is 14.4 Å². The normalized spacial score (nSPS) is 18.1. The summed E-state index contributed by atoms with van der Waals surface area (Å²) >= 11 is 0. The van der Waals surface area contributed by atoms with Gasteiger partial charge in [0.1, 0.15) is 11.9 Å². The summed E-state index contributed by atoms with van der Waals surface area (Å²) in [5, 5.41) is 2.61. The molecule has 0 bridgehead atoms. The van der Waals surface area contributed by atoms with Crippen molar-refractivity contribution < 1.29 is 23.5 Å². The van der Waals surface area contributed by atoms with Crippen LogP contribution in [0.4, 0.5) is 20.8 Å². The summed E-state index contributed by atoms with van der Waals surface area (Å²) in [4.78, 5) is 49.9. The number of carbonyl (C=O) groups excluding carboxylic acids is 3. The Hall–Kier alpha value is -3.76. The molecular weight excluding hydrogens is 479 g/mol. The van der Waals surface area contributed by atoms with E-state index in [1.165, 1.54) is 17.9 Å². The Bertz CT molecular complexity index is 1160. The minimum Gasteiger partial charge on any atom is -0.442 e. The van der Waals surface area contributed by atoms with Crippen molar-refractivity contribution in [2.45, 2.75) is 40.2 Å². The summed E-state index contributed by atoms with van der Waals surface area (Å²) in [5.74, 6) is -0.0361. The van der Waals surface area contributed by atoms with Crippen molar-refractivity contribution >= 4 is 29.5 Å². The zero-order valence-electron chi connectivity index (χ0n) is 21.7. The Morgan fingerprint density at radius 2 is 1.81 bits per heavy atom. The lowest BCUT2D eigenvalue weighted by molar-refractivity contribution is -0.133. The molecule has 2 fully saturated rings. The number of cyclic esters (lactones) is 1. The minimum absolute atomic E-state index is 0.0470. The predicted octanol–water partition coefficient (Wildman–Crippen LogP) is 2.83. The van der Waals surface area contributed by atoms with Crippen LogP contribution in [0, 0.1) is 11.2 Å². The molecule has 0 spiro atoms. The molecule has 0 saturated carbocycles. The molecule has 0 unspecified atom stereocenters. The fourth-order valence-corrected chi connectivity index (χ4v) is 4.35. The number of nitrogens with one attached hydrogen (secondary N) is 1. The lowest BCUT2D eigenvalue weighted by atomic mass is 9.91. The molecule has 0 radical (unpaired) electrons. The number of ether oxygens (including phenoxy) is 1. The second kappa shape index (κ2) is 10.7. The second-order valence-corrected chi connectivity index (χ2v) is 10.6. The van der Waals surface area contributed by atoms with Gasteiger partial charge in [-0.25, -0.2) is 19.2 Å². The van der Waals surface area contributed by atoms with Crippen LogP contribution in [0.3, 0.4) is 0 Å². The molecule has 4 rings (SSSR count). The molecule has 2 aliphatic rings. The Balaban J connectivity index is 1.37. The van der Waals surface area contributed by atoms with E-state index in [-0.39, 0.29) is 30.3 Å². The maximum Gasteiger partial charge on any atom is 0.414 e. The molecule has 0 aliphatic carbocycles. The highest BCUT2D eigenvalue weighted by Crippen LogP contribution is 2.29. The Kier molecular flexibility index (Phi) is 7.60. The number of amides is 3. The molecule has 1 aromatic carbocycles. The van der Waals surface area contributed by atoms with Gasteiger partial charge in [0, 0.05) is 63.0 Å². The topological polar surface area (TPSA) is 108 Å². The van der Waals surface area contributed by atoms with Crippen LogP contribution >= 0.6 is 0 Å². The van der Waals surface area contributed by atoms with Gasteiger partial charge in [0.25, 0.3) is 0 Å². The first-order valence-electron chi connectivity index (χ1n) is 12.4. The molecule has 2 saturated heterocycles. The highest BCUT2D eigenvalue weighted by molar-refractivity contribution is 5.90. The molecule has 37 heavy (non-hydrogen) atoms. The first-order chi connectivity index (χ1) is 17.5. The number of hydrogen-bond acceptors (Lipinski definition) is 7. The standard InChI is InChI=1S/C26H33FN6O4/c1-17(34)28-15-20-16-33(25(36)37-20)19-5-6-21(22(27)11-19)18-13-29-24(30-14-18)32-9-7-31(8-10-32)23(35)12-26(2,3)4/h5-6,11,13-14,20H,7-10,12,15-16H2,1-4H3,(H,28,34)/t20-/m0/s1. The quantitative estimate of drug-likeness (QED) is 0.634. The van der Waals surface area contributed by atoms with Gasteiger partial charge in [0.15, 0.2) is 0 Å². The number of nitrogens with zero attached hydrogens (tertiary/aromatic N) is 5. The van der Waals surface area contributed by atoms with Gasteiger partial charge in [0.05, 0.1) is 18.8 Å². The molecule has 2 aliphatic heterocycles. The number of rotatable bonds is 6. The SMILES string of the molecule is CC(=O)NC[C@H]1CN(c2ccc(-c3cnc(N4CCN(C(=O)CC(C)(C)C)CC4)nc3)c(F)c2)C(=O)O1. The van der Waals surface area contributed by atoms with E-state index in [0.717, 1.165) is 0 Å². The predicted molar refractivity (Wildman–Crippen MR) is 137 cm³/mol. The summed E-state index contributed by atoms with van der Waals surface area (Å²) in [7, 11) is 0. The van der Waals surface area contributed by atoms with Crippen LogP contribution in [0.2, 0.25) is 0 Å². The van der Waals surface area contributed by atoms with Gasteiger partial charge in [-0.1, -0.05) is 20.8 Å². The number of aromatic nitrogens is 2. The van der Waals surface area contributed by atoms with Gasteiger partial charge < -0.3 is 19.9 Å². The van der Waals surface area contributed by atoms with Gasteiger partial charge >= 0.3 is 6.09 Å². The van der Waals surface area contributed by atoms with Crippen LogP contribution in [0.25, 0.3) is 11.1 Å². The van der Waals surface area contributed by atoms with Crippen LogP contribution in [0.5, 0.6) is 0 Å². The van der Waals surface area contributed by atoms with E-state index in [1.54, 1.807) is 24.5 Å². The summed E-state index contributed by atoms with van der Waals surface area (Å²) < 4.78 is 20.3. The number of benzene rings is 1. The van der Waals surface area contributed by atoms with Crippen molar-refractivity contribution in [2.24, 2.45) is 5.41 Å². The van der Waals surface area contributed by atoms with Gasteiger partial charge in [-0.05, 0) is 23.6 Å². The first-order valence-corrected chi connectivity index (χ1v) is 12.4. The summed E-state index contributed by atoms with van der Waals surface area (Å²) in [6, 6.07) is 4.50. The highest BCUT2D eigenvalue weighted by atomic mass is 19.1. The van der Waals surface area contributed by atoms with E-state index in [2.05, 4.69) is 36.1 Å². The average Bonchev–Trinajstić information content (AvgIpc) is 3.22. The minimum atomic E-state index is -0.588. The third-order valence-corrected chi connectivity index (χ3v) is 6.26. The van der Waals surface area contributed by atoms with E-state index in [1.807, 2.05) is 9.80 Å². The van der Waals surface area contributed by atoms with Crippen LogP contribution in [0.15, 0.2) is 30.6 Å². The molecule has 198 valence electrons. The maximum absolute atomic E-state index is 15.0. The van der Waals surface area contributed by atoms with Crippen LogP contribution in [-0.4, -0.2) is 78.1 Å². The monoisotopic (exact) mass is 512 g/mol. The van der Waals surface area contributed by atoms with Crippen LogP contribution < -0.4 is 15.1 Å². The third kappa shape index (κ3) is 6.52. The molecule has 1 atom stereocenters. The van der Waals surface area contributed by atoms with Crippen molar-refractivity contribution in [3.63, 3.8) is 0 Å². The zero-order valence-corrected chi connectivity index (χ0v) is 21.7. The first kappa shape index (κ1) is 26.3. The number of carbonyl (C=O) groups is 3. The Morgan fingerprint density at radius 3 is 2.41 bits per heavy atom. The van der Waals surface area contributed by atoms with E-state index in [0.29, 0.717) is 55.4 Å². The molecular formula is C26H33FN6O4.